The summed E-state index contributed by atoms with van der Waals surface area (Å²) in [7, 11) is 0. The van der Waals surface area contributed by atoms with Gasteiger partial charge in [-0.1, -0.05) is 6.07 Å². The fourth-order valence-electron chi connectivity index (χ4n) is 1.71. The van der Waals surface area contributed by atoms with Crippen LogP contribution in [0.1, 0.15) is 19.3 Å². The Morgan fingerprint density at radius 1 is 1.18 bits per heavy atom. The number of hydrogen-bond donors (Lipinski definition) is 0. The van der Waals surface area contributed by atoms with Crippen LogP contribution >= 0.6 is 0 Å². The van der Waals surface area contributed by atoms with E-state index in [9.17, 15) is 4.79 Å². The third kappa shape index (κ3) is 3.03. The lowest BCUT2D eigenvalue weighted by Crippen LogP contribution is -1.98. The zero-order valence-corrected chi connectivity index (χ0v) is 9.63. The van der Waals surface area contributed by atoms with Crippen molar-refractivity contribution in [3.63, 3.8) is 0 Å². The summed E-state index contributed by atoms with van der Waals surface area (Å²) >= 11 is 0. The number of fused-ring (bicyclic) bond motifs is 1. The first-order valence-corrected chi connectivity index (χ1v) is 5.82. The lowest BCUT2D eigenvalue weighted by Gasteiger charge is -2.08. The number of rotatable bonds is 6. The molecule has 0 saturated heterocycles. The number of hydrogen-bond acceptors (Lipinski definition) is 3. The van der Waals surface area contributed by atoms with Crippen LogP contribution < -0.4 is 4.74 Å². The molecule has 3 nitrogen and oxygen atoms in total. The molecule has 1 aromatic heterocycles. The quantitative estimate of drug-likeness (QED) is 0.564. The summed E-state index contributed by atoms with van der Waals surface area (Å²) in [5, 5.41) is 1.03. The van der Waals surface area contributed by atoms with E-state index >= 15 is 0 Å². The van der Waals surface area contributed by atoms with E-state index < -0.39 is 0 Å². The van der Waals surface area contributed by atoms with Gasteiger partial charge in [0.15, 0.2) is 0 Å². The number of unbranched alkanes of at least 4 members (excludes halogenated alkanes) is 2. The molecule has 0 saturated carbocycles. The third-order valence-corrected chi connectivity index (χ3v) is 2.58. The molecule has 0 N–H and O–H groups in total. The Labute approximate surface area is 100 Å². The van der Waals surface area contributed by atoms with E-state index in [0.717, 1.165) is 35.8 Å². The van der Waals surface area contributed by atoms with E-state index in [2.05, 4.69) is 4.98 Å². The zero-order valence-electron chi connectivity index (χ0n) is 9.63. The lowest BCUT2D eigenvalue weighted by atomic mass is 10.2. The number of pyridine rings is 1. The van der Waals surface area contributed by atoms with E-state index in [-0.39, 0.29) is 0 Å². The fourth-order valence-corrected chi connectivity index (χ4v) is 1.71. The Morgan fingerprint density at radius 2 is 2.12 bits per heavy atom. The highest BCUT2D eigenvalue weighted by Gasteiger charge is 2.01. The molecule has 0 unspecified atom stereocenters. The van der Waals surface area contributed by atoms with Crippen LogP contribution in [0.5, 0.6) is 5.75 Å². The Morgan fingerprint density at radius 3 is 3.00 bits per heavy atom. The monoisotopic (exact) mass is 229 g/mol. The van der Waals surface area contributed by atoms with Crippen molar-refractivity contribution >= 4 is 17.2 Å². The molecule has 0 spiro atoms. The van der Waals surface area contributed by atoms with Crippen molar-refractivity contribution in [2.24, 2.45) is 0 Å². The van der Waals surface area contributed by atoms with Crippen molar-refractivity contribution in [1.29, 1.82) is 0 Å². The molecule has 0 bridgehead atoms. The predicted molar refractivity (Wildman–Crippen MR) is 67.2 cm³/mol. The van der Waals surface area contributed by atoms with E-state index in [1.54, 1.807) is 6.20 Å². The summed E-state index contributed by atoms with van der Waals surface area (Å²) in [5.41, 5.74) is 0.942. The Balaban J connectivity index is 2.01. The molecule has 17 heavy (non-hydrogen) atoms. The second-order valence-corrected chi connectivity index (χ2v) is 3.84. The number of aldehydes is 1. The molecular formula is C14H15NO2. The molecule has 0 fully saturated rings. The number of nitrogens with zero attached hydrogens (tertiary/aromatic N) is 1. The molecule has 1 heterocycles. The average molecular weight is 229 g/mol. The van der Waals surface area contributed by atoms with Crippen molar-refractivity contribution in [2.75, 3.05) is 6.61 Å². The second-order valence-electron chi connectivity index (χ2n) is 3.84. The van der Waals surface area contributed by atoms with E-state index in [1.807, 2.05) is 30.3 Å². The summed E-state index contributed by atoms with van der Waals surface area (Å²) < 4.78 is 5.71. The molecule has 2 rings (SSSR count). The number of benzene rings is 1. The molecular weight excluding hydrogens is 214 g/mol. The largest absolute Gasteiger partial charge is 0.493 e. The van der Waals surface area contributed by atoms with Crippen LogP contribution in [0.25, 0.3) is 10.9 Å². The van der Waals surface area contributed by atoms with Gasteiger partial charge in [0.25, 0.3) is 0 Å². The molecule has 0 aliphatic heterocycles. The summed E-state index contributed by atoms with van der Waals surface area (Å²) in [6, 6.07) is 9.76. The third-order valence-electron chi connectivity index (χ3n) is 2.58. The van der Waals surface area contributed by atoms with Crippen LogP contribution in [-0.4, -0.2) is 17.9 Å². The second kappa shape index (κ2) is 5.99. The smallest absolute Gasteiger partial charge is 0.128 e. The maximum Gasteiger partial charge on any atom is 0.128 e. The van der Waals surface area contributed by atoms with Gasteiger partial charge in [-0.15, -0.1) is 0 Å². The highest BCUT2D eigenvalue weighted by molar-refractivity contribution is 5.84. The Bertz CT molecular complexity index is 491. The first-order valence-electron chi connectivity index (χ1n) is 5.82. The van der Waals surface area contributed by atoms with Gasteiger partial charge in [0, 0.05) is 18.0 Å². The Hall–Kier alpha value is -1.90. The molecule has 0 atom stereocenters. The van der Waals surface area contributed by atoms with Gasteiger partial charge in [0.2, 0.25) is 0 Å². The first kappa shape index (κ1) is 11.6. The minimum atomic E-state index is 0.612. The number of carbonyl (C=O) groups is 1. The van der Waals surface area contributed by atoms with Gasteiger partial charge in [-0.2, -0.15) is 0 Å². The van der Waals surface area contributed by atoms with Gasteiger partial charge < -0.3 is 9.53 Å². The van der Waals surface area contributed by atoms with Crippen LogP contribution in [-0.2, 0) is 4.79 Å². The molecule has 3 heteroatoms. The van der Waals surface area contributed by atoms with Gasteiger partial charge >= 0.3 is 0 Å². The summed E-state index contributed by atoms with van der Waals surface area (Å²) in [6.45, 7) is 0.641. The van der Waals surface area contributed by atoms with Gasteiger partial charge in [-0.25, -0.2) is 0 Å². The highest BCUT2D eigenvalue weighted by atomic mass is 16.5. The van der Waals surface area contributed by atoms with Gasteiger partial charge in [0.1, 0.15) is 12.0 Å². The molecule has 1 aromatic carbocycles. The zero-order chi connectivity index (χ0) is 11.9. The SMILES string of the molecule is O=CCCCCOc1cccc2ncccc12. The van der Waals surface area contributed by atoms with E-state index in [0.29, 0.717) is 13.0 Å². The molecule has 2 aromatic rings. The number of aromatic nitrogens is 1. The minimum Gasteiger partial charge on any atom is -0.493 e. The molecule has 88 valence electrons. The van der Waals surface area contributed by atoms with Crippen molar-refractivity contribution in [3.05, 3.63) is 36.5 Å². The maximum atomic E-state index is 10.2. The van der Waals surface area contributed by atoms with E-state index in [1.165, 1.54) is 0 Å². The van der Waals surface area contributed by atoms with Crippen LogP contribution in [0.15, 0.2) is 36.5 Å². The Kier molecular flexibility index (Phi) is 4.08. The van der Waals surface area contributed by atoms with Gasteiger partial charge in [0.05, 0.1) is 12.1 Å². The standard InChI is InChI=1S/C14H15NO2/c16-10-2-1-3-11-17-14-8-4-7-13-12(14)6-5-9-15-13/h4-10H,1-3,11H2. The topological polar surface area (TPSA) is 39.2 Å². The van der Waals surface area contributed by atoms with Crippen molar-refractivity contribution in [2.45, 2.75) is 19.3 Å². The van der Waals surface area contributed by atoms with E-state index in [4.69, 9.17) is 4.74 Å². The van der Waals surface area contributed by atoms with Crippen LogP contribution in [0.4, 0.5) is 0 Å². The number of ether oxygens (including phenoxy) is 1. The first-order chi connectivity index (χ1) is 8.42. The van der Waals surface area contributed by atoms with Crippen LogP contribution in [0.3, 0.4) is 0 Å². The summed E-state index contributed by atoms with van der Waals surface area (Å²) in [6.07, 6.45) is 5.11. The predicted octanol–water partition coefficient (Wildman–Crippen LogP) is 2.98. The molecule has 0 aliphatic carbocycles. The average Bonchev–Trinajstić information content (AvgIpc) is 2.39. The number of carbonyl (C=O) groups excluding carboxylic acids is 1. The molecule has 0 radical (unpaired) electrons. The fraction of sp³-hybridized carbons (Fsp3) is 0.286. The van der Waals surface area contributed by atoms with Crippen molar-refractivity contribution < 1.29 is 9.53 Å². The molecule has 0 aliphatic rings. The van der Waals surface area contributed by atoms with Crippen molar-refractivity contribution in [3.8, 4) is 5.75 Å². The van der Waals surface area contributed by atoms with Gasteiger partial charge in [-0.3, -0.25) is 4.98 Å². The van der Waals surface area contributed by atoms with Crippen molar-refractivity contribution in [1.82, 2.24) is 4.98 Å². The lowest BCUT2D eigenvalue weighted by molar-refractivity contribution is -0.107. The van der Waals surface area contributed by atoms with Crippen LogP contribution in [0.2, 0.25) is 0 Å². The van der Waals surface area contributed by atoms with Gasteiger partial charge in [-0.05, 0) is 37.1 Å². The maximum absolute atomic E-state index is 10.2. The summed E-state index contributed by atoms with van der Waals surface area (Å²) in [4.78, 5) is 14.4. The normalized spacial score (nSPS) is 10.4. The minimum absolute atomic E-state index is 0.612. The molecule has 0 amide bonds. The highest BCUT2D eigenvalue weighted by Crippen LogP contribution is 2.23. The summed E-state index contributed by atoms with van der Waals surface area (Å²) in [5.74, 6) is 0.863. The van der Waals surface area contributed by atoms with Crippen LogP contribution in [0, 0.1) is 0 Å².